The predicted molar refractivity (Wildman–Crippen MR) is 66.0 cm³/mol. The zero-order valence-corrected chi connectivity index (χ0v) is 10.6. The molecule has 17 heavy (non-hydrogen) atoms. The Labute approximate surface area is 102 Å². The predicted octanol–water partition coefficient (Wildman–Crippen LogP) is 2.14. The lowest BCUT2D eigenvalue weighted by Crippen LogP contribution is -2.38. The maximum Gasteiger partial charge on any atom is 0.126 e. The van der Waals surface area contributed by atoms with E-state index in [1.807, 2.05) is 6.92 Å². The Hall–Kier alpha value is -1.13. The van der Waals surface area contributed by atoms with Gasteiger partial charge in [-0.2, -0.15) is 0 Å². The fourth-order valence-electron chi connectivity index (χ4n) is 1.56. The number of nitrogens with one attached hydrogen (secondary N) is 1. The van der Waals surface area contributed by atoms with Crippen LogP contribution in [0.5, 0.6) is 5.75 Å². The fourth-order valence-corrected chi connectivity index (χ4v) is 1.56. The van der Waals surface area contributed by atoms with Gasteiger partial charge < -0.3 is 14.8 Å². The molecule has 0 heterocycles. The molecule has 0 spiro atoms. The van der Waals surface area contributed by atoms with Crippen molar-refractivity contribution < 1.29 is 13.9 Å². The number of hydrogen-bond acceptors (Lipinski definition) is 3. The summed E-state index contributed by atoms with van der Waals surface area (Å²) in [4.78, 5) is 0. The van der Waals surface area contributed by atoms with Crippen LogP contribution >= 0.6 is 0 Å². The third-order valence-electron chi connectivity index (χ3n) is 2.44. The third-order valence-corrected chi connectivity index (χ3v) is 2.44. The fraction of sp³-hybridized carbons (Fsp3) is 0.538. The van der Waals surface area contributed by atoms with Gasteiger partial charge in [-0.15, -0.1) is 0 Å². The van der Waals surface area contributed by atoms with Crippen molar-refractivity contribution in [3.63, 3.8) is 0 Å². The Morgan fingerprint density at radius 2 is 2.12 bits per heavy atom. The summed E-state index contributed by atoms with van der Waals surface area (Å²) in [6.07, 6.45) is 0. The van der Waals surface area contributed by atoms with Gasteiger partial charge in [0, 0.05) is 7.11 Å². The highest BCUT2D eigenvalue weighted by Gasteiger charge is 2.08. The minimum absolute atomic E-state index is 0.148. The highest BCUT2D eigenvalue weighted by atomic mass is 19.1. The van der Waals surface area contributed by atoms with Crippen LogP contribution < -0.4 is 10.1 Å². The lowest BCUT2D eigenvalue weighted by atomic mass is 10.2. The van der Waals surface area contributed by atoms with Crippen molar-refractivity contribution in [3.05, 3.63) is 29.6 Å². The summed E-state index contributed by atoms with van der Waals surface area (Å²) in [6.45, 7) is 5.71. The molecule has 1 aromatic rings. The number of halogens is 1. The van der Waals surface area contributed by atoms with Crippen molar-refractivity contribution in [2.75, 3.05) is 26.9 Å². The highest BCUT2D eigenvalue weighted by Crippen LogP contribution is 2.15. The monoisotopic (exact) mass is 241 g/mol. The van der Waals surface area contributed by atoms with Gasteiger partial charge in [-0.3, -0.25) is 0 Å². The first-order valence-corrected chi connectivity index (χ1v) is 5.78. The van der Waals surface area contributed by atoms with Crippen LogP contribution in [0.4, 0.5) is 4.39 Å². The highest BCUT2D eigenvalue weighted by molar-refractivity contribution is 5.28. The van der Waals surface area contributed by atoms with E-state index in [1.165, 1.54) is 6.07 Å². The molecule has 0 saturated carbocycles. The Balaban J connectivity index is 2.49. The van der Waals surface area contributed by atoms with E-state index < -0.39 is 0 Å². The van der Waals surface area contributed by atoms with Gasteiger partial charge >= 0.3 is 0 Å². The molecule has 96 valence electrons. The molecule has 0 aliphatic rings. The van der Waals surface area contributed by atoms with Gasteiger partial charge in [0.05, 0.1) is 12.6 Å². The summed E-state index contributed by atoms with van der Waals surface area (Å²) in [5.74, 6) is 0.473. The molecule has 0 radical (unpaired) electrons. The van der Waals surface area contributed by atoms with E-state index in [2.05, 4.69) is 5.32 Å². The van der Waals surface area contributed by atoms with Gasteiger partial charge in [0.2, 0.25) is 0 Å². The number of ether oxygens (including phenoxy) is 2. The number of methoxy groups -OCH3 is 1. The molecule has 0 amide bonds. The number of rotatable bonds is 7. The number of benzene rings is 1. The first-order valence-electron chi connectivity index (χ1n) is 5.78. The van der Waals surface area contributed by atoms with Crippen molar-refractivity contribution in [2.24, 2.45) is 0 Å². The Morgan fingerprint density at radius 3 is 2.71 bits per heavy atom. The van der Waals surface area contributed by atoms with E-state index in [0.29, 0.717) is 24.5 Å². The van der Waals surface area contributed by atoms with E-state index >= 15 is 0 Å². The minimum atomic E-state index is -0.211. The van der Waals surface area contributed by atoms with Gasteiger partial charge in [0.15, 0.2) is 0 Å². The largest absolute Gasteiger partial charge is 0.492 e. The van der Waals surface area contributed by atoms with E-state index in [9.17, 15) is 4.39 Å². The van der Waals surface area contributed by atoms with E-state index in [-0.39, 0.29) is 11.9 Å². The van der Waals surface area contributed by atoms with Gasteiger partial charge in [0.1, 0.15) is 18.2 Å². The van der Waals surface area contributed by atoms with Crippen molar-refractivity contribution in [1.29, 1.82) is 0 Å². The molecule has 4 heteroatoms. The standard InChI is InChI=1S/C13H20FNO2/c1-4-15-11(8-16-3)9-17-12-5-6-13(14)10(2)7-12/h5-7,11,15H,4,8-9H2,1-3H3. The van der Waals surface area contributed by atoms with Gasteiger partial charge in [-0.05, 0) is 37.2 Å². The molecule has 1 N–H and O–H groups in total. The lowest BCUT2D eigenvalue weighted by Gasteiger charge is -2.17. The topological polar surface area (TPSA) is 30.5 Å². The molecule has 1 aromatic carbocycles. The van der Waals surface area contributed by atoms with E-state index in [0.717, 1.165) is 6.54 Å². The SMILES string of the molecule is CCNC(COC)COc1ccc(F)c(C)c1. The molecule has 0 aliphatic carbocycles. The average molecular weight is 241 g/mol. The zero-order chi connectivity index (χ0) is 12.7. The first-order chi connectivity index (χ1) is 8.17. The Morgan fingerprint density at radius 1 is 1.35 bits per heavy atom. The Kier molecular flexibility index (Phi) is 5.94. The van der Waals surface area contributed by atoms with Gasteiger partial charge in [-0.1, -0.05) is 6.92 Å². The molecule has 3 nitrogen and oxygen atoms in total. The second kappa shape index (κ2) is 7.25. The summed E-state index contributed by atoms with van der Waals surface area (Å²) in [6, 6.07) is 4.90. The van der Waals surface area contributed by atoms with Crippen LogP contribution in [0.25, 0.3) is 0 Å². The van der Waals surface area contributed by atoms with Crippen LogP contribution in [0.1, 0.15) is 12.5 Å². The second-order valence-electron chi connectivity index (χ2n) is 3.93. The maximum absolute atomic E-state index is 13.1. The number of hydrogen-bond donors (Lipinski definition) is 1. The molecule has 0 fully saturated rings. The van der Waals surface area contributed by atoms with Crippen LogP contribution in [0.3, 0.4) is 0 Å². The summed E-state index contributed by atoms with van der Waals surface area (Å²) in [7, 11) is 1.66. The molecule has 1 unspecified atom stereocenters. The molecular weight excluding hydrogens is 221 g/mol. The molecule has 1 rings (SSSR count). The molecule has 0 aromatic heterocycles. The van der Waals surface area contributed by atoms with Crippen LogP contribution in [0, 0.1) is 12.7 Å². The third kappa shape index (κ3) is 4.71. The van der Waals surface area contributed by atoms with Crippen LogP contribution in [-0.4, -0.2) is 32.9 Å². The second-order valence-corrected chi connectivity index (χ2v) is 3.93. The molecular formula is C13H20FNO2. The number of likely N-dealkylation sites (N-methyl/N-ethyl adjacent to an activating group) is 1. The van der Waals surface area contributed by atoms with Crippen molar-refractivity contribution in [3.8, 4) is 5.75 Å². The lowest BCUT2D eigenvalue weighted by molar-refractivity contribution is 0.137. The normalized spacial score (nSPS) is 12.5. The summed E-state index contributed by atoms with van der Waals surface area (Å²) in [5.41, 5.74) is 0.592. The molecule has 0 aliphatic heterocycles. The summed E-state index contributed by atoms with van der Waals surface area (Å²) in [5, 5.41) is 3.26. The van der Waals surface area contributed by atoms with Crippen LogP contribution in [0.15, 0.2) is 18.2 Å². The summed E-state index contributed by atoms with van der Waals surface area (Å²) < 4.78 is 23.7. The van der Waals surface area contributed by atoms with Crippen molar-refractivity contribution >= 4 is 0 Å². The van der Waals surface area contributed by atoms with Crippen LogP contribution in [-0.2, 0) is 4.74 Å². The average Bonchev–Trinajstić information content (AvgIpc) is 2.31. The molecule has 0 saturated heterocycles. The number of aryl methyl sites for hydroxylation is 1. The minimum Gasteiger partial charge on any atom is -0.492 e. The quantitative estimate of drug-likeness (QED) is 0.793. The van der Waals surface area contributed by atoms with Crippen molar-refractivity contribution in [1.82, 2.24) is 5.32 Å². The Bertz CT molecular complexity index is 338. The van der Waals surface area contributed by atoms with E-state index in [1.54, 1.807) is 26.2 Å². The first kappa shape index (κ1) is 13.9. The van der Waals surface area contributed by atoms with Gasteiger partial charge in [-0.25, -0.2) is 4.39 Å². The zero-order valence-electron chi connectivity index (χ0n) is 10.6. The van der Waals surface area contributed by atoms with Crippen molar-refractivity contribution in [2.45, 2.75) is 19.9 Å². The smallest absolute Gasteiger partial charge is 0.126 e. The molecule has 1 atom stereocenters. The van der Waals surface area contributed by atoms with Crippen LogP contribution in [0.2, 0.25) is 0 Å². The van der Waals surface area contributed by atoms with Gasteiger partial charge in [0.25, 0.3) is 0 Å². The van der Waals surface area contributed by atoms with E-state index in [4.69, 9.17) is 9.47 Å². The summed E-state index contributed by atoms with van der Waals surface area (Å²) >= 11 is 0. The maximum atomic E-state index is 13.1. The molecule has 0 bridgehead atoms.